The van der Waals surface area contributed by atoms with Crippen LogP contribution in [0.2, 0.25) is 0 Å². The van der Waals surface area contributed by atoms with Gasteiger partial charge in [0.1, 0.15) is 0 Å². The molecule has 0 amide bonds. The summed E-state index contributed by atoms with van der Waals surface area (Å²) in [7, 11) is 0. The average Bonchev–Trinajstić information content (AvgIpc) is 2.17. The van der Waals surface area contributed by atoms with Crippen molar-refractivity contribution >= 4 is 5.71 Å². The number of nitrogens with zero attached hydrogens (tertiary/aromatic N) is 1. The molecule has 2 rings (SSSR count). The number of hydrogen-bond acceptors (Lipinski definition) is 2. The van der Waals surface area contributed by atoms with E-state index >= 15 is 0 Å². The maximum atomic E-state index is 5.25. The Kier molecular flexibility index (Phi) is 1.82. The Hall–Kier alpha value is -1.31. The van der Waals surface area contributed by atoms with Gasteiger partial charge in [-0.15, -0.1) is 0 Å². The van der Waals surface area contributed by atoms with Crippen molar-refractivity contribution in [2.45, 2.75) is 19.3 Å². The van der Waals surface area contributed by atoms with Crippen LogP contribution in [-0.2, 0) is 12.8 Å². The van der Waals surface area contributed by atoms with Crippen LogP contribution in [0, 0.1) is 0 Å². The van der Waals surface area contributed by atoms with E-state index in [1.807, 2.05) is 0 Å². The number of nitrogens with two attached hydrogens (primary N) is 1. The minimum atomic E-state index is 0.937. The van der Waals surface area contributed by atoms with E-state index in [-0.39, 0.29) is 0 Å². The molecule has 0 saturated carbocycles. The Labute approximate surface area is 72.1 Å². The largest absolute Gasteiger partial charge is 0.323 e. The van der Waals surface area contributed by atoms with Gasteiger partial charge in [-0.25, -0.2) is 0 Å². The summed E-state index contributed by atoms with van der Waals surface area (Å²) in [5, 5.41) is 3.76. The van der Waals surface area contributed by atoms with Gasteiger partial charge in [0.15, 0.2) is 0 Å². The summed E-state index contributed by atoms with van der Waals surface area (Å²) >= 11 is 0. The molecule has 1 aromatic rings. The van der Waals surface area contributed by atoms with Crippen LogP contribution in [-0.4, -0.2) is 5.71 Å². The molecule has 0 atom stereocenters. The molecule has 2 N–H and O–H groups in total. The summed E-state index contributed by atoms with van der Waals surface area (Å²) < 4.78 is 0. The first-order chi connectivity index (χ1) is 5.90. The summed E-state index contributed by atoms with van der Waals surface area (Å²) in [4.78, 5) is 0. The highest BCUT2D eigenvalue weighted by Gasteiger charge is 2.12. The Morgan fingerprint density at radius 3 is 2.58 bits per heavy atom. The summed E-state index contributed by atoms with van der Waals surface area (Å²) in [6.45, 7) is 0. The maximum absolute atomic E-state index is 5.25. The first-order valence-corrected chi connectivity index (χ1v) is 4.22. The summed E-state index contributed by atoms with van der Waals surface area (Å²) in [6, 6.07) is 8.49. The van der Waals surface area contributed by atoms with Crippen LogP contribution in [0.15, 0.2) is 29.4 Å². The molecule has 0 aliphatic heterocycles. The second-order valence-corrected chi connectivity index (χ2v) is 3.14. The standard InChI is InChI=1S/C10H12N2/c11-12-10-6-5-8-3-1-2-4-9(8)7-10/h1-4H,5-7,11H2. The van der Waals surface area contributed by atoms with Crippen molar-refractivity contribution in [2.24, 2.45) is 10.9 Å². The molecule has 1 aliphatic carbocycles. The van der Waals surface area contributed by atoms with Crippen LogP contribution < -0.4 is 5.84 Å². The van der Waals surface area contributed by atoms with Crippen LogP contribution in [0.5, 0.6) is 0 Å². The van der Waals surface area contributed by atoms with E-state index in [0.717, 1.165) is 25.0 Å². The van der Waals surface area contributed by atoms with Crippen LogP contribution in [0.1, 0.15) is 17.5 Å². The molecule has 0 bridgehead atoms. The van der Waals surface area contributed by atoms with E-state index in [4.69, 9.17) is 5.84 Å². The van der Waals surface area contributed by atoms with Crippen molar-refractivity contribution < 1.29 is 0 Å². The quantitative estimate of drug-likeness (QED) is 0.453. The number of aryl methyl sites for hydroxylation is 1. The average molecular weight is 160 g/mol. The van der Waals surface area contributed by atoms with Crippen LogP contribution in [0.25, 0.3) is 0 Å². The molecule has 0 aromatic heterocycles. The topological polar surface area (TPSA) is 38.4 Å². The third-order valence-corrected chi connectivity index (χ3v) is 2.38. The minimum Gasteiger partial charge on any atom is -0.323 e. The third kappa shape index (κ3) is 1.20. The van der Waals surface area contributed by atoms with E-state index in [9.17, 15) is 0 Å². The SMILES string of the molecule is NN=C1CCc2ccccc2C1. The van der Waals surface area contributed by atoms with E-state index in [0.29, 0.717) is 0 Å². The predicted octanol–water partition coefficient (Wildman–Crippen LogP) is 1.49. The highest BCUT2D eigenvalue weighted by Crippen LogP contribution is 2.18. The zero-order chi connectivity index (χ0) is 8.39. The highest BCUT2D eigenvalue weighted by molar-refractivity contribution is 5.88. The Balaban J connectivity index is 2.35. The van der Waals surface area contributed by atoms with Gasteiger partial charge in [-0.1, -0.05) is 24.3 Å². The molecule has 2 nitrogen and oxygen atoms in total. The molecule has 62 valence electrons. The Morgan fingerprint density at radius 1 is 1.08 bits per heavy atom. The lowest BCUT2D eigenvalue weighted by molar-refractivity contribution is 0.934. The van der Waals surface area contributed by atoms with Gasteiger partial charge in [-0.05, 0) is 24.0 Å². The van der Waals surface area contributed by atoms with Crippen molar-refractivity contribution in [3.63, 3.8) is 0 Å². The normalized spacial score (nSPS) is 19.2. The van der Waals surface area contributed by atoms with Gasteiger partial charge in [-0.3, -0.25) is 0 Å². The molecule has 0 saturated heterocycles. The number of hydrazone groups is 1. The number of rotatable bonds is 0. The van der Waals surface area contributed by atoms with Gasteiger partial charge in [0.05, 0.1) is 0 Å². The zero-order valence-electron chi connectivity index (χ0n) is 6.96. The molecule has 2 heteroatoms. The van der Waals surface area contributed by atoms with Crippen molar-refractivity contribution in [2.75, 3.05) is 0 Å². The lowest BCUT2D eigenvalue weighted by Crippen LogP contribution is -2.14. The molecule has 0 spiro atoms. The fraction of sp³-hybridized carbons (Fsp3) is 0.300. The second-order valence-electron chi connectivity index (χ2n) is 3.14. The highest BCUT2D eigenvalue weighted by atomic mass is 15.1. The van der Waals surface area contributed by atoms with E-state index in [1.54, 1.807) is 0 Å². The maximum Gasteiger partial charge on any atom is 0.0423 e. The lowest BCUT2D eigenvalue weighted by Gasteiger charge is -2.16. The molecular formula is C10H12N2. The molecule has 0 radical (unpaired) electrons. The van der Waals surface area contributed by atoms with Crippen molar-refractivity contribution in [1.29, 1.82) is 0 Å². The molecule has 1 aliphatic rings. The zero-order valence-corrected chi connectivity index (χ0v) is 6.96. The van der Waals surface area contributed by atoms with E-state index < -0.39 is 0 Å². The second kappa shape index (κ2) is 2.97. The third-order valence-electron chi connectivity index (χ3n) is 2.38. The first-order valence-electron chi connectivity index (χ1n) is 4.22. The number of fused-ring (bicyclic) bond motifs is 1. The molecule has 0 unspecified atom stereocenters. The first kappa shape index (κ1) is 7.35. The smallest absolute Gasteiger partial charge is 0.0423 e. The van der Waals surface area contributed by atoms with Crippen molar-refractivity contribution in [3.05, 3.63) is 35.4 Å². The van der Waals surface area contributed by atoms with Gasteiger partial charge in [-0.2, -0.15) is 5.10 Å². The Morgan fingerprint density at radius 2 is 1.83 bits per heavy atom. The van der Waals surface area contributed by atoms with E-state index in [2.05, 4.69) is 29.4 Å². The molecular weight excluding hydrogens is 148 g/mol. The molecule has 0 heterocycles. The Bertz CT molecular complexity index is 315. The minimum absolute atomic E-state index is 0.937. The van der Waals surface area contributed by atoms with Gasteiger partial charge in [0.2, 0.25) is 0 Å². The van der Waals surface area contributed by atoms with Crippen molar-refractivity contribution in [3.8, 4) is 0 Å². The van der Waals surface area contributed by atoms with Gasteiger partial charge < -0.3 is 5.84 Å². The lowest BCUT2D eigenvalue weighted by atomic mass is 9.90. The molecule has 12 heavy (non-hydrogen) atoms. The number of hydrogen-bond donors (Lipinski definition) is 1. The summed E-state index contributed by atoms with van der Waals surface area (Å²) in [5.74, 6) is 5.25. The number of benzene rings is 1. The van der Waals surface area contributed by atoms with Gasteiger partial charge >= 0.3 is 0 Å². The van der Waals surface area contributed by atoms with Crippen molar-refractivity contribution in [1.82, 2.24) is 0 Å². The monoisotopic (exact) mass is 160 g/mol. The predicted molar refractivity (Wildman–Crippen MR) is 50.1 cm³/mol. The fourth-order valence-electron chi connectivity index (χ4n) is 1.67. The molecule has 1 aromatic carbocycles. The van der Waals surface area contributed by atoms with Gasteiger partial charge in [0, 0.05) is 12.1 Å². The summed E-state index contributed by atoms with van der Waals surface area (Å²) in [6.07, 6.45) is 3.05. The van der Waals surface area contributed by atoms with Crippen LogP contribution in [0.4, 0.5) is 0 Å². The fourth-order valence-corrected chi connectivity index (χ4v) is 1.67. The van der Waals surface area contributed by atoms with Crippen LogP contribution >= 0.6 is 0 Å². The van der Waals surface area contributed by atoms with Gasteiger partial charge in [0.25, 0.3) is 0 Å². The van der Waals surface area contributed by atoms with E-state index in [1.165, 1.54) is 11.1 Å². The summed E-state index contributed by atoms with van der Waals surface area (Å²) in [5.41, 5.74) is 3.95. The molecule has 0 fully saturated rings. The van der Waals surface area contributed by atoms with Crippen LogP contribution in [0.3, 0.4) is 0 Å².